The molecule has 20 heavy (non-hydrogen) atoms. The Labute approximate surface area is 127 Å². The molecular weight excluding hydrogens is 298 g/mol. The van der Waals surface area contributed by atoms with Crippen molar-refractivity contribution in [3.8, 4) is 0 Å². The SMILES string of the molecule is CC(Sc1ccccc1Cl)C(=O)NCCCCC(=O)O. The van der Waals surface area contributed by atoms with Crippen LogP contribution in [0.25, 0.3) is 0 Å². The second kappa shape index (κ2) is 8.87. The van der Waals surface area contributed by atoms with Crippen LogP contribution in [0.2, 0.25) is 5.02 Å². The third-order valence-corrected chi connectivity index (χ3v) is 4.25. The smallest absolute Gasteiger partial charge is 0.303 e. The second-order valence-corrected chi connectivity index (χ2v) is 6.12. The number of rotatable bonds is 8. The minimum Gasteiger partial charge on any atom is -0.481 e. The van der Waals surface area contributed by atoms with Crippen LogP contribution in [0.5, 0.6) is 0 Å². The van der Waals surface area contributed by atoms with Gasteiger partial charge in [0.25, 0.3) is 0 Å². The number of halogens is 1. The first kappa shape index (κ1) is 16.9. The summed E-state index contributed by atoms with van der Waals surface area (Å²) in [5.41, 5.74) is 0. The Bertz CT molecular complexity index is 467. The number of hydrogen-bond donors (Lipinski definition) is 2. The normalized spacial score (nSPS) is 11.9. The van der Waals surface area contributed by atoms with E-state index in [2.05, 4.69) is 5.32 Å². The van der Waals surface area contributed by atoms with Crippen LogP contribution in [-0.4, -0.2) is 28.8 Å². The zero-order chi connectivity index (χ0) is 15.0. The highest BCUT2D eigenvalue weighted by Gasteiger charge is 2.15. The minimum atomic E-state index is -0.807. The van der Waals surface area contributed by atoms with E-state index in [-0.39, 0.29) is 17.6 Å². The van der Waals surface area contributed by atoms with Gasteiger partial charge in [-0.05, 0) is 31.9 Å². The van der Waals surface area contributed by atoms with E-state index in [0.717, 1.165) is 4.90 Å². The van der Waals surface area contributed by atoms with E-state index in [9.17, 15) is 9.59 Å². The van der Waals surface area contributed by atoms with E-state index in [1.807, 2.05) is 25.1 Å². The Balaban J connectivity index is 2.29. The molecule has 0 saturated heterocycles. The van der Waals surface area contributed by atoms with Crippen LogP contribution >= 0.6 is 23.4 Å². The first-order valence-corrected chi connectivity index (χ1v) is 7.67. The maximum Gasteiger partial charge on any atom is 0.303 e. The number of carboxylic acids is 1. The van der Waals surface area contributed by atoms with Gasteiger partial charge in [0.2, 0.25) is 5.91 Å². The molecule has 0 aliphatic rings. The highest BCUT2D eigenvalue weighted by atomic mass is 35.5. The first-order chi connectivity index (χ1) is 9.50. The molecule has 4 nitrogen and oxygen atoms in total. The predicted octanol–water partition coefficient (Wildman–Crippen LogP) is 3.19. The summed E-state index contributed by atoms with van der Waals surface area (Å²) < 4.78 is 0. The summed E-state index contributed by atoms with van der Waals surface area (Å²) in [6.45, 7) is 2.32. The van der Waals surface area contributed by atoms with E-state index in [1.54, 1.807) is 6.07 Å². The average Bonchev–Trinajstić information content (AvgIpc) is 2.40. The van der Waals surface area contributed by atoms with Gasteiger partial charge >= 0.3 is 5.97 Å². The van der Waals surface area contributed by atoms with Crippen molar-refractivity contribution in [3.05, 3.63) is 29.3 Å². The number of carbonyl (C=O) groups excluding carboxylic acids is 1. The molecule has 0 spiro atoms. The third kappa shape index (κ3) is 6.30. The van der Waals surface area contributed by atoms with Gasteiger partial charge in [0, 0.05) is 17.9 Å². The number of carboxylic acid groups (broad SMARTS) is 1. The van der Waals surface area contributed by atoms with E-state index in [1.165, 1.54) is 11.8 Å². The largest absolute Gasteiger partial charge is 0.481 e. The summed E-state index contributed by atoms with van der Waals surface area (Å²) in [7, 11) is 0. The molecule has 0 heterocycles. The Morgan fingerprint density at radius 2 is 2.05 bits per heavy atom. The summed E-state index contributed by atoms with van der Waals surface area (Å²) in [5.74, 6) is -0.871. The lowest BCUT2D eigenvalue weighted by molar-refractivity contribution is -0.137. The topological polar surface area (TPSA) is 66.4 Å². The molecule has 0 bridgehead atoms. The lowest BCUT2D eigenvalue weighted by atomic mass is 10.2. The van der Waals surface area contributed by atoms with Crippen LogP contribution in [0.4, 0.5) is 0 Å². The lowest BCUT2D eigenvalue weighted by Gasteiger charge is -2.12. The Morgan fingerprint density at radius 1 is 1.35 bits per heavy atom. The summed E-state index contributed by atoms with van der Waals surface area (Å²) in [5, 5.41) is 11.7. The van der Waals surface area contributed by atoms with Crippen LogP contribution in [0, 0.1) is 0 Å². The highest BCUT2D eigenvalue weighted by Crippen LogP contribution is 2.29. The minimum absolute atomic E-state index is 0.0646. The first-order valence-electron chi connectivity index (χ1n) is 6.41. The van der Waals surface area contributed by atoms with Crippen LogP contribution < -0.4 is 5.32 Å². The number of hydrogen-bond acceptors (Lipinski definition) is 3. The predicted molar refractivity (Wildman–Crippen MR) is 81.3 cm³/mol. The van der Waals surface area contributed by atoms with Gasteiger partial charge in [-0.25, -0.2) is 0 Å². The van der Waals surface area contributed by atoms with Crippen LogP contribution in [0.3, 0.4) is 0 Å². The van der Waals surface area contributed by atoms with Gasteiger partial charge in [-0.2, -0.15) is 0 Å². The monoisotopic (exact) mass is 315 g/mol. The molecule has 1 rings (SSSR count). The Kier molecular flexibility index (Phi) is 7.47. The number of carbonyl (C=O) groups is 2. The Hall–Kier alpha value is -1.20. The maximum absolute atomic E-state index is 11.9. The van der Waals surface area contributed by atoms with Crippen LogP contribution in [-0.2, 0) is 9.59 Å². The molecule has 0 aliphatic heterocycles. The molecular formula is C14H18ClNO3S. The van der Waals surface area contributed by atoms with Gasteiger partial charge < -0.3 is 10.4 Å². The lowest BCUT2D eigenvalue weighted by Crippen LogP contribution is -2.31. The molecule has 0 aliphatic carbocycles. The molecule has 1 aromatic carbocycles. The van der Waals surface area contributed by atoms with Gasteiger partial charge in [0.05, 0.1) is 10.3 Å². The van der Waals surface area contributed by atoms with E-state index >= 15 is 0 Å². The number of unbranched alkanes of at least 4 members (excludes halogenated alkanes) is 1. The summed E-state index contributed by atoms with van der Waals surface area (Å²) in [4.78, 5) is 23.1. The molecule has 1 unspecified atom stereocenters. The van der Waals surface area contributed by atoms with Gasteiger partial charge in [0.15, 0.2) is 0 Å². The Morgan fingerprint density at radius 3 is 2.70 bits per heavy atom. The van der Waals surface area contributed by atoms with Crippen LogP contribution in [0.1, 0.15) is 26.2 Å². The fraction of sp³-hybridized carbons (Fsp3) is 0.429. The van der Waals surface area contributed by atoms with Crippen molar-refractivity contribution in [1.82, 2.24) is 5.32 Å². The molecule has 0 saturated carbocycles. The number of benzene rings is 1. The summed E-state index contributed by atoms with van der Waals surface area (Å²) >= 11 is 7.45. The average molecular weight is 316 g/mol. The molecule has 0 radical (unpaired) electrons. The molecule has 2 N–H and O–H groups in total. The highest BCUT2D eigenvalue weighted by molar-refractivity contribution is 8.00. The van der Waals surface area contributed by atoms with Crippen molar-refractivity contribution < 1.29 is 14.7 Å². The number of amides is 1. The fourth-order valence-corrected chi connectivity index (χ4v) is 2.72. The van der Waals surface area contributed by atoms with Crippen molar-refractivity contribution >= 4 is 35.2 Å². The standard InChI is InChI=1S/C14H18ClNO3S/c1-10(20-12-7-3-2-6-11(12)15)14(19)16-9-5-4-8-13(17)18/h2-3,6-7,10H,4-5,8-9H2,1H3,(H,16,19)(H,17,18). The van der Waals surface area contributed by atoms with Gasteiger partial charge in [-0.15, -0.1) is 11.8 Å². The second-order valence-electron chi connectivity index (χ2n) is 4.33. The van der Waals surface area contributed by atoms with Gasteiger partial charge in [-0.1, -0.05) is 23.7 Å². The van der Waals surface area contributed by atoms with Crippen molar-refractivity contribution in [2.45, 2.75) is 36.3 Å². The quantitative estimate of drug-likeness (QED) is 0.571. The van der Waals surface area contributed by atoms with Gasteiger partial charge in [-0.3, -0.25) is 9.59 Å². The summed E-state index contributed by atoms with van der Waals surface area (Å²) in [6, 6.07) is 7.40. The number of aliphatic carboxylic acids is 1. The zero-order valence-corrected chi connectivity index (χ0v) is 12.8. The van der Waals surface area contributed by atoms with Crippen molar-refractivity contribution in [3.63, 3.8) is 0 Å². The molecule has 0 aromatic heterocycles. The number of thioether (sulfide) groups is 1. The molecule has 6 heteroatoms. The fourth-order valence-electron chi connectivity index (χ4n) is 1.54. The number of nitrogens with one attached hydrogen (secondary N) is 1. The van der Waals surface area contributed by atoms with E-state index in [0.29, 0.717) is 24.4 Å². The van der Waals surface area contributed by atoms with Crippen LogP contribution in [0.15, 0.2) is 29.2 Å². The molecule has 110 valence electrons. The summed E-state index contributed by atoms with van der Waals surface area (Å²) in [6.07, 6.45) is 1.38. The van der Waals surface area contributed by atoms with Crippen molar-refractivity contribution in [1.29, 1.82) is 0 Å². The molecule has 0 fully saturated rings. The third-order valence-electron chi connectivity index (χ3n) is 2.63. The maximum atomic E-state index is 11.9. The van der Waals surface area contributed by atoms with Gasteiger partial charge in [0.1, 0.15) is 0 Å². The van der Waals surface area contributed by atoms with E-state index in [4.69, 9.17) is 16.7 Å². The molecule has 1 amide bonds. The zero-order valence-electron chi connectivity index (χ0n) is 11.3. The van der Waals surface area contributed by atoms with E-state index < -0.39 is 5.97 Å². The molecule has 1 aromatic rings. The molecule has 1 atom stereocenters. The van der Waals surface area contributed by atoms with Crippen molar-refractivity contribution in [2.24, 2.45) is 0 Å². The van der Waals surface area contributed by atoms with Crippen molar-refractivity contribution in [2.75, 3.05) is 6.54 Å².